The fourth-order valence-electron chi connectivity index (χ4n) is 5.07. The Labute approximate surface area is 193 Å². The largest absolute Gasteiger partial charge is 0.457 e. The summed E-state index contributed by atoms with van der Waals surface area (Å²) in [5.41, 5.74) is -0.804. The number of carbonyl (C=O) groups excluding carboxylic acids is 4. The first kappa shape index (κ1) is 24.6. The molecule has 1 heterocycles. The zero-order valence-electron chi connectivity index (χ0n) is 19.5. The summed E-state index contributed by atoms with van der Waals surface area (Å²) in [5, 5.41) is 9.52. The van der Waals surface area contributed by atoms with Gasteiger partial charge < -0.3 is 19.3 Å². The highest BCUT2D eigenvalue weighted by Gasteiger charge is 2.65. The van der Waals surface area contributed by atoms with Crippen LogP contribution in [0, 0.1) is 23.2 Å². The first-order valence-corrected chi connectivity index (χ1v) is 11.0. The van der Waals surface area contributed by atoms with E-state index in [1.165, 1.54) is 12.2 Å². The van der Waals surface area contributed by atoms with E-state index in [1.54, 1.807) is 39.8 Å². The lowest BCUT2D eigenvalue weighted by molar-refractivity contribution is -0.166. The number of hydrogen-bond donors (Lipinski definition) is 1. The monoisotopic (exact) mass is 458 g/mol. The third-order valence-corrected chi connectivity index (χ3v) is 7.28. The molecule has 1 aliphatic heterocycles. The molecular weight excluding hydrogens is 428 g/mol. The van der Waals surface area contributed by atoms with E-state index >= 15 is 0 Å². The van der Waals surface area contributed by atoms with Gasteiger partial charge in [0, 0.05) is 17.1 Å². The van der Waals surface area contributed by atoms with Crippen LogP contribution in [0.1, 0.15) is 34.6 Å². The number of hydrogen-bond acceptors (Lipinski definition) is 8. The van der Waals surface area contributed by atoms with Crippen molar-refractivity contribution in [3.8, 4) is 0 Å². The van der Waals surface area contributed by atoms with Crippen molar-refractivity contribution < 1.29 is 38.5 Å². The van der Waals surface area contributed by atoms with Crippen molar-refractivity contribution in [1.82, 2.24) is 0 Å². The lowest BCUT2D eigenvalue weighted by Crippen LogP contribution is -2.49. The number of carbonyl (C=O) groups is 4. The maximum atomic E-state index is 13.2. The average molecular weight is 459 g/mol. The number of fused-ring (bicyclic) bond motifs is 2. The van der Waals surface area contributed by atoms with Gasteiger partial charge in [0.25, 0.3) is 0 Å². The molecule has 3 rings (SSSR count). The maximum absolute atomic E-state index is 13.2. The minimum Gasteiger partial charge on any atom is -0.457 e. The Balaban J connectivity index is 2.14. The van der Waals surface area contributed by atoms with Gasteiger partial charge in [0.1, 0.15) is 18.3 Å². The van der Waals surface area contributed by atoms with Crippen molar-refractivity contribution >= 4 is 23.7 Å². The first-order chi connectivity index (χ1) is 15.5. The smallest absolute Gasteiger partial charge is 0.336 e. The third-order valence-electron chi connectivity index (χ3n) is 7.28. The van der Waals surface area contributed by atoms with Crippen LogP contribution in [0.3, 0.4) is 0 Å². The highest BCUT2D eigenvalue weighted by molar-refractivity contribution is 6.00. The summed E-state index contributed by atoms with van der Waals surface area (Å²) in [6.45, 7) is 11.7. The van der Waals surface area contributed by atoms with Crippen molar-refractivity contribution in [2.75, 3.05) is 6.61 Å². The molecule has 33 heavy (non-hydrogen) atoms. The van der Waals surface area contributed by atoms with Crippen LogP contribution in [-0.4, -0.2) is 53.7 Å². The van der Waals surface area contributed by atoms with Crippen LogP contribution in [0.4, 0.5) is 0 Å². The highest BCUT2D eigenvalue weighted by atomic mass is 16.6. The zero-order chi connectivity index (χ0) is 24.7. The molecule has 7 unspecified atom stereocenters. The SMILES string of the molecule is C=C1C(=O)OC2C(OC(=O)C(C)=CC)C(C)C3C=CC(=O)C3(C)C(OC(=O)C(=CC)CO)C12. The second-order valence-electron chi connectivity index (χ2n) is 8.95. The van der Waals surface area contributed by atoms with Crippen LogP contribution in [0.5, 0.6) is 0 Å². The Bertz CT molecular complexity index is 986. The standard InChI is InChI=1S/C25H30O8/c1-7-12(3)22(28)31-19-13(4)16-9-10-17(27)25(16,6)21(33-24(30)15(8-2)11-26)18-14(5)23(29)32-20(18)19/h7-10,13,16,18-21,26H,5,11H2,1-4,6H3. The summed E-state index contributed by atoms with van der Waals surface area (Å²) in [7, 11) is 0. The molecule has 0 aromatic rings. The molecule has 0 bridgehead atoms. The lowest BCUT2D eigenvalue weighted by atomic mass is 9.67. The normalized spacial score (nSPS) is 36.1. The van der Waals surface area contributed by atoms with Crippen LogP contribution >= 0.6 is 0 Å². The number of ketones is 1. The van der Waals surface area contributed by atoms with Gasteiger partial charge in [0.05, 0.1) is 23.5 Å². The number of allylic oxidation sites excluding steroid dienone is 4. The van der Waals surface area contributed by atoms with E-state index in [0.717, 1.165) is 0 Å². The quantitative estimate of drug-likeness (QED) is 0.379. The summed E-state index contributed by atoms with van der Waals surface area (Å²) < 4.78 is 17.2. The molecule has 1 N–H and O–H groups in total. The number of ether oxygens (including phenoxy) is 3. The highest BCUT2D eigenvalue weighted by Crippen LogP contribution is 2.55. The van der Waals surface area contributed by atoms with Gasteiger partial charge in [-0.05, 0) is 39.7 Å². The van der Waals surface area contributed by atoms with Gasteiger partial charge in [-0.1, -0.05) is 31.7 Å². The average Bonchev–Trinajstić information content (AvgIpc) is 3.23. The Kier molecular flexibility index (Phi) is 6.79. The molecule has 1 saturated carbocycles. The Morgan fingerprint density at radius 2 is 1.88 bits per heavy atom. The number of esters is 3. The summed E-state index contributed by atoms with van der Waals surface area (Å²) >= 11 is 0. The summed E-state index contributed by atoms with van der Waals surface area (Å²) in [5.74, 6) is -4.16. The first-order valence-electron chi connectivity index (χ1n) is 11.0. The van der Waals surface area contributed by atoms with Crippen molar-refractivity contribution in [3.05, 3.63) is 47.6 Å². The van der Waals surface area contributed by atoms with Crippen LogP contribution in [0.25, 0.3) is 0 Å². The molecule has 2 fully saturated rings. The Morgan fingerprint density at radius 1 is 1.21 bits per heavy atom. The summed E-state index contributed by atoms with van der Waals surface area (Å²) in [6.07, 6.45) is 3.18. The molecule has 0 radical (unpaired) electrons. The third kappa shape index (κ3) is 3.86. The van der Waals surface area contributed by atoms with E-state index < -0.39 is 66.0 Å². The predicted molar refractivity (Wildman–Crippen MR) is 117 cm³/mol. The molecule has 2 aliphatic carbocycles. The van der Waals surface area contributed by atoms with E-state index in [9.17, 15) is 24.3 Å². The van der Waals surface area contributed by atoms with E-state index in [2.05, 4.69) is 6.58 Å². The van der Waals surface area contributed by atoms with E-state index in [0.29, 0.717) is 5.57 Å². The van der Waals surface area contributed by atoms with Gasteiger partial charge in [-0.15, -0.1) is 0 Å². The van der Waals surface area contributed by atoms with Gasteiger partial charge in [0.2, 0.25) is 0 Å². The fraction of sp³-hybridized carbons (Fsp3) is 0.520. The molecule has 0 aromatic carbocycles. The fourth-order valence-corrected chi connectivity index (χ4v) is 5.07. The maximum Gasteiger partial charge on any atom is 0.336 e. The Morgan fingerprint density at radius 3 is 2.45 bits per heavy atom. The molecule has 8 nitrogen and oxygen atoms in total. The van der Waals surface area contributed by atoms with Gasteiger partial charge >= 0.3 is 17.9 Å². The van der Waals surface area contributed by atoms with Crippen molar-refractivity contribution in [1.29, 1.82) is 0 Å². The Hall–Kier alpha value is -3.00. The van der Waals surface area contributed by atoms with Crippen molar-refractivity contribution in [3.63, 3.8) is 0 Å². The molecule has 1 saturated heterocycles. The molecule has 0 aromatic heterocycles. The van der Waals surface area contributed by atoms with Crippen molar-refractivity contribution in [2.24, 2.45) is 23.2 Å². The molecule has 8 heteroatoms. The number of rotatable bonds is 5. The molecular formula is C25H30O8. The topological polar surface area (TPSA) is 116 Å². The number of aliphatic hydroxyl groups is 1. The van der Waals surface area contributed by atoms with Crippen LogP contribution in [0.15, 0.2) is 47.6 Å². The molecule has 7 atom stereocenters. The van der Waals surface area contributed by atoms with E-state index in [4.69, 9.17) is 14.2 Å². The minimum atomic E-state index is -1.25. The minimum absolute atomic E-state index is 0.0185. The van der Waals surface area contributed by atoms with E-state index in [-0.39, 0.29) is 16.9 Å². The molecule has 0 amide bonds. The predicted octanol–water partition coefficient (Wildman–Crippen LogP) is 2.22. The van der Waals surface area contributed by atoms with Gasteiger partial charge in [-0.25, -0.2) is 14.4 Å². The van der Waals surface area contributed by atoms with Gasteiger partial charge in [-0.2, -0.15) is 0 Å². The number of aliphatic hydroxyl groups excluding tert-OH is 1. The van der Waals surface area contributed by atoms with Crippen LogP contribution in [0.2, 0.25) is 0 Å². The van der Waals surface area contributed by atoms with Crippen molar-refractivity contribution in [2.45, 2.75) is 52.9 Å². The van der Waals surface area contributed by atoms with Crippen LogP contribution in [-0.2, 0) is 33.4 Å². The van der Waals surface area contributed by atoms with E-state index in [1.807, 2.05) is 6.92 Å². The van der Waals surface area contributed by atoms with Gasteiger partial charge in [-0.3, -0.25) is 4.79 Å². The summed E-state index contributed by atoms with van der Waals surface area (Å²) in [4.78, 5) is 51.2. The lowest BCUT2D eigenvalue weighted by Gasteiger charge is -2.39. The molecule has 0 spiro atoms. The van der Waals surface area contributed by atoms with Crippen LogP contribution < -0.4 is 0 Å². The molecule has 3 aliphatic rings. The molecule has 178 valence electrons. The summed E-state index contributed by atoms with van der Waals surface area (Å²) in [6, 6.07) is 0. The van der Waals surface area contributed by atoms with Gasteiger partial charge in [0.15, 0.2) is 5.78 Å². The zero-order valence-corrected chi connectivity index (χ0v) is 19.5. The second kappa shape index (κ2) is 9.09. The second-order valence-corrected chi connectivity index (χ2v) is 8.95.